The summed E-state index contributed by atoms with van der Waals surface area (Å²) < 4.78 is 4.91. The molecule has 0 aliphatic heterocycles. The van der Waals surface area contributed by atoms with Crippen LogP contribution in [-0.4, -0.2) is 10.9 Å². The van der Waals surface area contributed by atoms with Crippen LogP contribution in [0, 0.1) is 6.92 Å². The minimum atomic E-state index is -0.616. The molecule has 5 nitrogen and oxygen atoms in total. The Bertz CT molecular complexity index is 290. The van der Waals surface area contributed by atoms with E-state index in [9.17, 15) is 4.79 Å². The quantitative estimate of drug-likeness (QED) is 0.826. The summed E-state index contributed by atoms with van der Waals surface area (Å²) in [5, 5.41) is 0. The van der Waals surface area contributed by atoms with E-state index < -0.39 is 5.91 Å². The SMILES string of the molecule is Cc1nc(CN)oc1C(N)=O.Cl.Cl.Cl. The van der Waals surface area contributed by atoms with Crippen molar-refractivity contribution in [3.8, 4) is 0 Å². The molecule has 0 aromatic carbocycles. The highest BCUT2D eigenvalue weighted by Gasteiger charge is 2.12. The van der Waals surface area contributed by atoms with Gasteiger partial charge in [-0.2, -0.15) is 0 Å². The molecular formula is C6H12Cl3N3O2. The second-order valence-corrected chi connectivity index (χ2v) is 2.09. The smallest absolute Gasteiger partial charge is 0.286 e. The van der Waals surface area contributed by atoms with Crippen LogP contribution in [0.1, 0.15) is 22.1 Å². The molecule has 1 aromatic heterocycles. The monoisotopic (exact) mass is 263 g/mol. The molecule has 1 heterocycles. The number of aryl methyl sites for hydroxylation is 1. The highest BCUT2D eigenvalue weighted by molar-refractivity contribution is 5.90. The van der Waals surface area contributed by atoms with Gasteiger partial charge in [0.15, 0.2) is 0 Å². The first-order valence-corrected chi connectivity index (χ1v) is 3.11. The highest BCUT2D eigenvalue weighted by Crippen LogP contribution is 2.07. The number of hydrogen-bond donors (Lipinski definition) is 2. The van der Waals surface area contributed by atoms with Gasteiger partial charge in [-0.25, -0.2) is 4.98 Å². The van der Waals surface area contributed by atoms with Crippen molar-refractivity contribution in [2.24, 2.45) is 11.5 Å². The summed E-state index contributed by atoms with van der Waals surface area (Å²) >= 11 is 0. The van der Waals surface area contributed by atoms with Crippen molar-refractivity contribution in [1.29, 1.82) is 0 Å². The Balaban J connectivity index is -0.000000403. The van der Waals surface area contributed by atoms with Crippen molar-refractivity contribution in [2.75, 3.05) is 0 Å². The van der Waals surface area contributed by atoms with Crippen LogP contribution in [0.2, 0.25) is 0 Å². The molecule has 0 saturated heterocycles. The van der Waals surface area contributed by atoms with Crippen LogP contribution in [0.4, 0.5) is 0 Å². The van der Waals surface area contributed by atoms with Crippen molar-refractivity contribution in [3.05, 3.63) is 17.3 Å². The fourth-order valence-electron chi connectivity index (χ4n) is 0.768. The molecule has 14 heavy (non-hydrogen) atoms. The van der Waals surface area contributed by atoms with E-state index in [0.29, 0.717) is 11.6 Å². The van der Waals surface area contributed by atoms with Crippen LogP contribution in [0.5, 0.6) is 0 Å². The fourth-order valence-corrected chi connectivity index (χ4v) is 0.768. The second kappa shape index (κ2) is 7.87. The first-order valence-electron chi connectivity index (χ1n) is 3.11. The molecule has 1 rings (SSSR count). The number of nitrogens with zero attached hydrogens (tertiary/aromatic N) is 1. The average Bonchev–Trinajstić information content (AvgIpc) is 2.30. The molecule has 0 bridgehead atoms. The number of aromatic nitrogens is 1. The van der Waals surface area contributed by atoms with Crippen molar-refractivity contribution < 1.29 is 9.21 Å². The molecule has 0 spiro atoms. The maximum atomic E-state index is 10.6. The molecule has 0 unspecified atom stereocenters. The van der Waals surface area contributed by atoms with Gasteiger partial charge in [0.25, 0.3) is 5.91 Å². The minimum Gasteiger partial charge on any atom is -0.434 e. The van der Waals surface area contributed by atoms with Crippen LogP contribution in [0.15, 0.2) is 4.42 Å². The molecule has 0 aliphatic rings. The molecule has 1 aromatic rings. The van der Waals surface area contributed by atoms with Crippen molar-refractivity contribution >= 4 is 43.1 Å². The number of carbonyl (C=O) groups excluding carboxylic acids is 1. The minimum absolute atomic E-state index is 0. The zero-order chi connectivity index (χ0) is 8.43. The lowest BCUT2D eigenvalue weighted by Crippen LogP contribution is -2.11. The van der Waals surface area contributed by atoms with Gasteiger partial charge in [0.1, 0.15) is 0 Å². The Morgan fingerprint density at radius 2 is 1.93 bits per heavy atom. The Labute approximate surface area is 99.8 Å². The fraction of sp³-hybridized carbons (Fsp3) is 0.333. The van der Waals surface area contributed by atoms with Crippen LogP contribution in [-0.2, 0) is 6.54 Å². The molecule has 1 amide bonds. The van der Waals surface area contributed by atoms with Crippen molar-refractivity contribution in [3.63, 3.8) is 0 Å². The van der Waals surface area contributed by atoms with Gasteiger partial charge in [0, 0.05) is 0 Å². The standard InChI is InChI=1S/C6H9N3O2.3ClH/c1-3-5(6(8)10)11-4(2-7)9-3;;;/h2,7H2,1H3,(H2,8,10);3*1H. The average molecular weight is 265 g/mol. The molecule has 84 valence electrons. The number of carbonyl (C=O) groups is 1. The first-order chi connectivity index (χ1) is 5.15. The second-order valence-electron chi connectivity index (χ2n) is 2.09. The predicted molar refractivity (Wildman–Crippen MR) is 59.4 cm³/mol. The van der Waals surface area contributed by atoms with Gasteiger partial charge >= 0.3 is 0 Å². The lowest BCUT2D eigenvalue weighted by molar-refractivity contribution is 0.0971. The van der Waals surface area contributed by atoms with E-state index >= 15 is 0 Å². The summed E-state index contributed by atoms with van der Waals surface area (Å²) in [6.45, 7) is 1.82. The number of rotatable bonds is 2. The third-order valence-corrected chi connectivity index (χ3v) is 1.24. The maximum Gasteiger partial charge on any atom is 0.286 e. The van der Waals surface area contributed by atoms with E-state index in [1.807, 2.05) is 0 Å². The summed E-state index contributed by atoms with van der Waals surface area (Å²) in [6.07, 6.45) is 0. The largest absolute Gasteiger partial charge is 0.434 e. The number of amides is 1. The molecule has 8 heteroatoms. The number of halogens is 3. The van der Waals surface area contributed by atoms with Gasteiger partial charge in [-0.3, -0.25) is 4.79 Å². The topological polar surface area (TPSA) is 95.1 Å². The number of nitrogens with two attached hydrogens (primary N) is 2. The third-order valence-electron chi connectivity index (χ3n) is 1.24. The summed E-state index contributed by atoms with van der Waals surface area (Å²) in [5.74, 6) is -0.198. The van der Waals surface area contributed by atoms with Crippen molar-refractivity contribution in [2.45, 2.75) is 13.5 Å². The predicted octanol–water partition coefficient (Wildman–Crippen LogP) is 0.806. The summed E-state index contributed by atoms with van der Waals surface area (Å²) in [5.41, 5.74) is 10.7. The molecular weight excluding hydrogens is 252 g/mol. The lowest BCUT2D eigenvalue weighted by atomic mass is 10.4. The lowest BCUT2D eigenvalue weighted by Gasteiger charge is -1.86. The van der Waals surface area contributed by atoms with Crippen LogP contribution < -0.4 is 11.5 Å². The normalized spacial score (nSPS) is 7.86. The molecule has 0 fully saturated rings. The van der Waals surface area contributed by atoms with E-state index in [0.717, 1.165) is 0 Å². The Kier molecular flexibility index (Phi) is 10.8. The number of oxazole rings is 1. The van der Waals surface area contributed by atoms with Gasteiger partial charge < -0.3 is 15.9 Å². The van der Waals surface area contributed by atoms with E-state index in [1.165, 1.54) is 0 Å². The zero-order valence-corrected chi connectivity index (χ0v) is 9.80. The molecule has 0 aliphatic carbocycles. The third kappa shape index (κ3) is 4.15. The first kappa shape index (κ1) is 19.1. The molecule has 0 radical (unpaired) electrons. The Hall–Kier alpha value is -0.490. The van der Waals surface area contributed by atoms with E-state index in [1.54, 1.807) is 6.92 Å². The maximum absolute atomic E-state index is 10.6. The van der Waals surface area contributed by atoms with Gasteiger partial charge in [-0.1, -0.05) is 0 Å². The Morgan fingerprint density at radius 1 is 1.43 bits per heavy atom. The van der Waals surface area contributed by atoms with Gasteiger partial charge in [-0.05, 0) is 6.92 Å². The summed E-state index contributed by atoms with van der Waals surface area (Å²) in [6, 6.07) is 0. The number of hydrogen-bond acceptors (Lipinski definition) is 4. The van der Waals surface area contributed by atoms with Crippen molar-refractivity contribution in [1.82, 2.24) is 4.98 Å². The summed E-state index contributed by atoms with van der Waals surface area (Å²) in [7, 11) is 0. The van der Waals surface area contributed by atoms with E-state index in [4.69, 9.17) is 15.9 Å². The van der Waals surface area contributed by atoms with Gasteiger partial charge in [0.2, 0.25) is 11.7 Å². The highest BCUT2D eigenvalue weighted by atomic mass is 35.5. The van der Waals surface area contributed by atoms with Gasteiger partial charge in [0.05, 0.1) is 12.2 Å². The van der Waals surface area contributed by atoms with E-state index in [-0.39, 0.29) is 49.5 Å². The molecule has 0 atom stereocenters. The van der Waals surface area contributed by atoms with Crippen LogP contribution in [0.3, 0.4) is 0 Å². The van der Waals surface area contributed by atoms with Crippen LogP contribution in [0.25, 0.3) is 0 Å². The Morgan fingerprint density at radius 3 is 2.14 bits per heavy atom. The van der Waals surface area contributed by atoms with Crippen LogP contribution >= 0.6 is 37.2 Å². The number of primary amides is 1. The molecule has 0 saturated carbocycles. The van der Waals surface area contributed by atoms with E-state index in [2.05, 4.69) is 4.98 Å². The molecule has 4 N–H and O–H groups in total. The van der Waals surface area contributed by atoms with Gasteiger partial charge in [-0.15, -0.1) is 37.2 Å². The summed E-state index contributed by atoms with van der Waals surface area (Å²) in [4.78, 5) is 14.5. The zero-order valence-electron chi connectivity index (χ0n) is 7.35.